The summed E-state index contributed by atoms with van der Waals surface area (Å²) in [6.07, 6.45) is -4.07. The van der Waals surface area contributed by atoms with Crippen molar-refractivity contribution in [3.63, 3.8) is 0 Å². The van der Waals surface area contributed by atoms with E-state index in [4.69, 9.17) is 35.3 Å². The summed E-state index contributed by atoms with van der Waals surface area (Å²) in [5.74, 6) is 0. The van der Waals surface area contributed by atoms with Gasteiger partial charge in [-0.2, -0.15) is 9.05 Å². The van der Waals surface area contributed by atoms with Crippen molar-refractivity contribution in [3.8, 4) is 0 Å². The second-order valence-electron chi connectivity index (χ2n) is 9.39. The number of aliphatic hydroxyl groups is 1. The molecule has 0 spiro atoms. The van der Waals surface area contributed by atoms with Gasteiger partial charge in [-0.15, -0.1) is 0 Å². The van der Waals surface area contributed by atoms with E-state index in [1.807, 2.05) is 0 Å². The number of aryl methyl sites for hydroxylation is 2. The van der Waals surface area contributed by atoms with Gasteiger partial charge in [0.1, 0.15) is 50.6 Å². The number of ether oxygens (including phenoxy) is 2. The number of hydrogen-bond acceptors (Lipinski definition) is 15. The van der Waals surface area contributed by atoms with Crippen LogP contribution in [0.15, 0.2) is 31.6 Å². The lowest BCUT2D eigenvalue weighted by Gasteiger charge is -2.32. The maximum Gasteiger partial charge on any atom is 0.330 e. The van der Waals surface area contributed by atoms with Gasteiger partial charge in [-0.25, -0.2) is 23.9 Å². The van der Waals surface area contributed by atoms with Crippen LogP contribution in [0.5, 0.6) is 0 Å². The van der Waals surface area contributed by atoms with E-state index in [-0.39, 0.29) is 24.0 Å². The number of rotatable bonds is 10. The first kappa shape index (κ1) is 32.5. The minimum absolute atomic E-state index is 0.0508. The van der Waals surface area contributed by atoms with Crippen LogP contribution in [0.1, 0.15) is 36.4 Å². The zero-order chi connectivity index (χ0) is 30.3. The summed E-state index contributed by atoms with van der Waals surface area (Å²) in [7, 11) is -8.55. The predicted molar refractivity (Wildman–Crippen MR) is 145 cm³/mol. The fourth-order valence-corrected chi connectivity index (χ4v) is 6.79. The van der Waals surface area contributed by atoms with Crippen LogP contribution in [0, 0.1) is 13.8 Å². The van der Waals surface area contributed by atoms with Gasteiger partial charge in [0, 0.05) is 36.4 Å². The number of nitrogens with zero attached hydrogens (tertiary/aromatic N) is 2. The Hall–Kier alpha value is -1.44. The molecule has 0 radical (unpaired) electrons. The van der Waals surface area contributed by atoms with Gasteiger partial charge in [-0.3, -0.25) is 28.7 Å². The molecular weight excluding hydrogens is 630 g/mol. The van der Waals surface area contributed by atoms with Crippen molar-refractivity contribution in [2.75, 3.05) is 13.2 Å². The SMILES string of the molecule is Cc1cn([C@H]2C[C@H](O[P+]([O-])(O)[S-])[C@@H](CO[P+](O)([S-])O[C@H]3C[C@H](n4cc(C)c(=O)[nH]c4=O)O[C@@H]3CO)O2)c(=O)[nH]c1=O. The smallest absolute Gasteiger partial charge is 0.330 e. The van der Waals surface area contributed by atoms with Crippen LogP contribution in [-0.2, 0) is 47.5 Å². The first-order valence-electron chi connectivity index (χ1n) is 12.0. The molecule has 0 aromatic carbocycles. The van der Waals surface area contributed by atoms with E-state index in [1.165, 1.54) is 26.2 Å². The summed E-state index contributed by atoms with van der Waals surface area (Å²) in [4.78, 5) is 84.4. The van der Waals surface area contributed by atoms with Gasteiger partial charge >= 0.3 is 11.4 Å². The van der Waals surface area contributed by atoms with Crippen LogP contribution in [0.2, 0.25) is 0 Å². The summed E-state index contributed by atoms with van der Waals surface area (Å²) in [6.45, 7) is 1.87. The highest BCUT2D eigenvalue weighted by Gasteiger charge is 2.46. The minimum atomic E-state index is -4.45. The molecule has 2 aliphatic heterocycles. The highest BCUT2D eigenvalue weighted by molar-refractivity contribution is 8.35. The summed E-state index contributed by atoms with van der Waals surface area (Å²) < 4.78 is 29.7. The first-order chi connectivity index (χ1) is 19.1. The normalized spacial score (nSPS) is 29.4. The number of H-pyrrole nitrogens is 2. The fourth-order valence-electron chi connectivity index (χ4n) is 4.42. The van der Waals surface area contributed by atoms with Crippen molar-refractivity contribution in [1.82, 2.24) is 19.1 Å². The molecule has 0 saturated carbocycles. The zero-order valence-electron chi connectivity index (χ0n) is 21.5. The van der Waals surface area contributed by atoms with Crippen LogP contribution in [-0.4, -0.2) is 71.6 Å². The zero-order valence-corrected chi connectivity index (χ0v) is 24.9. The van der Waals surface area contributed by atoms with Crippen LogP contribution < -0.4 is 27.4 Å². The molecule has 2 aromatic rings. The van der Waals surface area contributed by atoms with E-state index in [0.29, 0.717) is 0 Å². The fraction of sp³-hybridized carbons (Fsp3) is 0.600. The van der Waals surface area contributed by atoms with E-state index in [9.17, 15) is 39.0 Å². The molecule has 21 heteroatoms. The van der Waals surface area contributed by atoms with Crippen molar-refractivity contribution in [2.24, 2.45) is 0 Å². The molecule has 2 unspecified atom stereocenters. The summed E-state index contributed by atoms with van der Waals surface area (Å²) >= 11 is 9.57. The van der Waals surface area contributed by atoms with E-state index in [0.717, 1.165) is 9.13 Å². The van der Waals surface area contributed by atoms with Crippen molar-refractivity contribution in [1.29, 1.82) is 0 Å². The molecule has 2 aromatic heterocycles. The number of aromatic amines is 2. The Bertz CT molecular complexity index is 1490. The predicted octanol–water partition coefficient (Wildman–Crippen LogP) is -2.15. The third-order valence-electron chi connectivity index (χ3n) is 6.39. The van der Waals surface area contributed by atoms with Gasteiger partial charge in [0.25, 0.3) is 18.3 Å². The lowest BCUT2D eigenvalue weighted by molar-refractivity contribution is -0.209. The lowest BCUT2D eigenvalue weighted by Crippen LogP contribution is -2.33. The molecule has 228 valence electrons. The maximum absolute atomic E-state index is 12.3. The average molecular weight is 658 g/mol. The second kappa shape index (κ2) is 12.7. The molecule has 4 heterocycles. The van der Waals surface area contributed by atoms with Gasteiger partial charge in [0.2, 0.25) is 0 Å². The highest BCUT2D eigenvalue weighted by Crippen LogP contribution is 2.58. The molecule has 2 fully saturated rings. The van der Waals surface area contributed by atoms with Crippen molar-refractivity contribution in [3.05, 3.63) is 65.2 Å². The molecule has 0 amide bonds. The van der Waals surface area contributed by atoms with Crippen LogP contribution in [0.4, 0.5) is 0 Å². The van der Waals surface area contributed by atoms with Crippen LogP contribution >= 0.6 is 14.3 Å². The molecule has 0 bridgehead atoms. The van der Waals surface area contributed by atoms with Crippen LogP contribution in [0.3, 0.4) is 0 Å². The highest BCUT2D eigenvalue weighted by atomic mass is 32.7. The Morgan fingerprint density at radius 2 is 1.39 bits per heavy atom. The molecule has 5 N–H and O–H groups in total. The van der Waals surface area contributed by atoms with Crippen molar-refractivity contribution >= 4 is 38.8 Å². The lowest BCUT2D eigenvalue weighted by atomic mass is 10.2. The Kier molecular flexibility index (Phi) is 10.0. The maximum atomic E-state index is 12.3. The number of nitrogens with one attached hydrogen (secondary N) is 2. The summed E-state index contributed by atoms with van der Waals surface area (Å²) in [5, 5.41) is 9.77. The number of aromatic nitrogens is 4. The van der Waals surface area contributed by atoms with Gasteiger partial charge in [-0.05, 0) is 13.8 Å². The standard InChI is InChI=1S/C20H28N4O13P2S2/c1-9-5-23(19(28)21-17(9)26)15-3-11(13(7-25)34-15)37-39(32,41)33-8-14-12(36-38(30,31)40)4-16(35-14)24-6-10(2)18(27)22-20(24)29/h5-6,11-16,25H,3-4,7-8H2,1-2H3,(H,32,41)(H,21,26,28)(H,22,27,29)(H2,30,31,40)/p-1/t11-,12-,13+,14+,15+,16+,39?/m0/s1. The minimum Gasteiger partial charge on any atom is -0.649 e. The Balaban J connectivity index is 1.45. The number of aliphatic hydroxyl groups excluding tert-OH is 1. The van der Waals surface area contributed by atoms with Gasteiger partial charge in [0.15, 0.2) is 0 Å². The summed E-state index contributed by atoms with van der Waals surface area (Å²) in [5.41, 5.74) is -2.26. The molecule has 2 saturated heterocycles. The van der Waals surface area contributed by atoms with Gasteiger partial charge < -0.3 is 44.0 Å². The van der Waals surface area contributed by atoms with E-state index < -0.39 is 86.9 Å². The quantitative estimate of drug-likeness (QED) is 0.135. The van der Waals surface area contributed by atoms with Gasteiger partial charge in [-0.1, -0.05) is 0 Å². The molecule has 2 aliphatic rings. The Labute approximate surface area is 242 Å². The topological polar surface area (TPSA) is 240 Å². The Morgan fingerprint density at radius 1 is 0.927 bits per heavy atom. The molecule has 8 atom stereocenters. The molecular formula is C20H27N4O13P2S2-. The Morgan fingerprint density at radius 3 is 1.85 bits per heavy atom. The number of hydrogen-bond donors (Lipinski definition) is 5. The van der Waals surface area contributed by atoms with E-state index >= 15 is 0 Å². The summed E-state index contributed by atoms with van der Waals surface area (Å²) in [6, 6.07) is 0. The van der Waals surface area contributed by atoms with E-state index in [2.05, 4.69) is 22.2 Å². The first-order valence-corrected chi connectivity index (χ1v) is 17.2. The largest absolute Gasteiger partial charge is 0.649 e. The molecule has 4 rings (SSSR count). The van der Waals surface area contributed by atoms with Crippen LogP contribution in [0.25, 0.3) is 0 Å². The second-order valence-corrected chi connectivity index (χ2v) is 14.7. The van der Waals surface area contributed by atoms with Gasteiger partial charge in [0.05, 0.1) is 6.61 Å². The molecule has 17 nitrogen and oxygen atoms in total. The van der Waals surface area contributed by atoms with Crippen molar-refractivity contribution < 1.29 is 42.8 Å². The molecule has 0 aliphatic carbocycles. The molecule has 41 heavy (non-hydrogen) atoms. The van der Waals surface area contributed by atoms with E-state index in [1.54, 1.807) is 0 Å². The van der Waals surface area contributed by atoms with Crippen molar-refractivity contribution in [2.45, 2.75) is 63.6 Å². The monoisotopic (exact) mass is 657 g/mol. The third kappa shape index (κ3) is 7.94. The third-order valence-corrected chi connectivity index (χ3v) is 8.77. The average Bonchev–Trinajstić information content (AvgIpc) is 3.44.